The van der Waals surface area contributed by atoms with Crippen molar-refractivity contribution in [3.63, 3.8) is 0 Å². The number of hydrogen-bond donors (Lipinski definition) is 1. The minimum Gasteiger partial charge on any atom is -0.364 e. The van der Waals surface area contributed by atoms with Crippen LogP contribution in [-0.2, 0) is 6.54 Å². The van der Waals surface area contributed by atoms with Gasteiger partial charge in [0, 0.05) is 30.9 Å². The molecule has 1 aliphatic heterocycles. The zero-order valence-corrected chi connectivity index (χ0v) is 15.5. The lowest BCUT2D eigenvalue weighted by molar-refractivity contribution is 0.726. The predicted molar refractivity (Wildman–Crippen MR) is 110 cm³/mol. The van der Waals surface area contributed by atoms with Crippen molar-refractivity contribution in [2.75, 3.05) is 23.3 Å². The Hall–Kier alpha value is -2.95. The Bertz CT molecular complexity index is 843. The molecule has 0 spiro atoms. The van der Waals surface area contributed by atoms with Crippen LogP contribution >= 0.6 is 0 Å². The largest absolute Gasteiger partial charge is 0.364 e. The molecule has 0 unspecified atom stereocenters. The molecule has 0 aliphatic carbocycles. The summed E-state index contributed by atoms with van der Waals surface area (Å²) < 4.78 is 0. The SMILES string of the molecule is c1ccc(-c2nc(NCc3ccccn3)cc(N3CCCCCC3)n2)cc1. The van der Waals surface area contributed by atoms with Gasteiger partial charge in [0.25, 0.3) is 0 Å². The number of anilines is 2. The lowest BCUT2D eigenvalue weighted by atomic mass is 10.2. The van der Waals surface area contributed by atoms with Gasteiger partial charge in [0.15, 0.2) is 5.82 Å². The lowest BCUT2D eigenvalue weighted by Crippen LogP contribution is -2.25. The van der Waals surface area contributed by atoms with Gasteiger partial charge in [-0.25, -0.2) is 9.97 Å². The number of hydrogen-bond acceptors (Lipinski definition) is 5. The van der Waals surface area contributed by atoms with Gasteiger partial charge in [0.1, 0.15) is 11.6 Å². The maximum atomic E-state index is 4.88. The van der Waals surface area contributed by atoms with Crippen LogP contribution < -0.4 is 10.2 Å². The second kappa shape index (κ2) is 8.62. The summed E-state index contributed by atoms with van der Waals surface area (Å²) in [4.78, 5) is 16.4. The van der Waals surface area contributed by atoms with E-state index in [4.69, 9.17) is 9.97 Å². The molecule has 0 atom stereocenters. The van der Waals surface area contributed by atoms with E-state index in [0.717, 1.165) is 41.8 Å². The van der Waals surface area contributed by atoms with E-state index in [9.17, 15) is 0 Å². The van der Waals surface area contributed by atoms with Crippen molar-refractivity contribution in [1.82, 2.24) is 15.0 Å². The molecule has 1 N–H and O–H groups in total. The number of aromatic nitrogens is 3. The van der Waals surface area contributed by atoms with Gasteiger partial charge in [-0.1, -0.05) is 49.2 Å². The van der Waals surface area contributed by atoms with Gasteiger partial charge in [-0.15, -0.1) is 0 Å². The molecule has 27 heavy (non-hydrogen) atoms. The van der Waals surface area contributed by atoms with E-state index in [1.165, 1.54) is 25.7 Å². The summed E-state index contributed by atoms with van der Waals surface area (Å²) in [6.07, 6.45) is 6.87. The molecule has 138 valence electrons. The average Bonchev–Trinajstić information content (AvgIpc) is 3.03. The maximum Gasteiger partial charge on any atom is 0.163 e. The predicted octanol–water partition coefficient (Wildman–Crippen LogP) is 4.53. The van der Waals surface area contributed by atoms with Gasteiger partial charge in [0.05, 0.1) is 12.2 Å². The molecule has 1 saturated heterocycles. The van der Waals surface area contributed by atoms with Gasteiger partial charge >= 0.3 is 0 Å². The fourth-order valence-electron chi connectivity index (χ4n) is 3.39. The van der Waals surface area contributed by atoms with Crippen molar-refractivity contribution >= 4 is 11.6 Å². The van der Waals surface area contributed by atoms with Gasteiger partial charge in [-0.3, -0.25) is 4.98 Å². The van der Waals surface area contributed by atoms with E-state index in [2.05, 4.69) is 33.4 Å². The Kier molecular flexibility index (Phi) is 5.58. The van der Waals surface area contributed by atoms with Crippen LogP contribution in [0.3, 0.4) is 0 Å². The van der Waals surface area contributed by atoms with Crippen molar-refractivity contribution in [1.29, 1.82) is 0 Å². The van der Waals surface area contributed by atoms with Crippen molar-refractivity contribution in [2.24, 2.45) is 0 Å². The highest BCUT2D eigenvalue weighted by atomic mass is 15.2. The van der Waals surface area contributed by atoms with E-state index in [1.54, 1.807) is 0 Å². The van der Waals surface area contributed by atoms with Crippen LogP contribution in [0.4, 0.5) is 11.6 Å². The molecule has 2 aromatic heterocycles. The van der Waals surface area contributed by atoms with Crippen LogP contribution in [0, 0.1) is 0 Å². The number of nitrogens with one attached hydrogen (secondary N) is 1. The van der Waals surface area contributed by atoms with Crippen LogP contribution in [0.15, 0.2) is 60.8 Å². The Morgan fingerprint density at radius 2 is 1.63 bits per heavy atom. The third-order valence-corrected chi connectivity index (χ3v) is 4.85. The summed E-state index contributed by atoms with van der Waals surface area (Å²) in [6.45, 7) is 2.77. The van der Waals surface area contributed by atoms with Crippen LogP contribution in [-0.4, -0.2) is 28.0 Å². The summed E-state index contributed by atoms with van der Waals surface area (Å²) in [7, 11) is 0. The van der Waals surface area contributed by atoms with Gasteiger partial charge in [0.2, 0.25) is 0 Å². The van der Waals surface area contributed by atoms with E-state index >= 15 is 0 Å². The van der Waals surface area contributed by atoms with E-state index in [-0.39, 0.29) is 0 Å². The highest BCUT2D eigenvalue weighted by molar-refractivity contribution is 5.61. The Morgan fingerprint density at radius 3 is 2.37 bits per heavy atom. The zero-order valence-electron chi connectivity index (χ0n) is 15.5. The first kappa shape index (κ1) is 17.5. The molecule has 1 aromatic carbocycles. The summed E-state index contributed by atoms with van der Waals surface area (Å²) in [5, 5.41) is 3.43. The highest BCUT2D eigenvalue weighted by Crippen LogP contribution is 2.24. The van der Waals surface area contributed by atoms with Crippen molar-refractivity contribution in [3.8, 4) is 11.4 Å². The Morgan fingerprint density at radius 1 is 0.852 bits per heavy atom. The fraction of sp³-hybridized carbons (Fsp3) is 0.318. The van der Waals surface area contributed by atoms with Gasteiger partial charge in [-0.05, 0) is 25.0 Å². The Balaban J connectivity index is 1.63. The van der Waals surface area contributed by atoms with Crippen LogP contribution in [0.2, 0.25) is 0 Å². The molecule has 1 fully saturated rings. The molecule has 1 aliphatic rings. The standard InChI is InChI=1S/C22H25N5/c1-2-9-15-27(14-8-1)21-16-20(24-17-19-12-6-7-13-23-19)25-22(26-21)18-10-4-3-5-11-18/h3-7,10-13,16H,1-2,8-9,14-15,17H2,(H,24,25,26). The molecule has 5 nitrogen and oxygen atoms in total. The number of rotatable bonds is 5. The minimum atomic E-state index is 0.644. The summed E-state index contributed by atoms with van der Waals surface area (Å²) in [5.74, 6) is 2.61. The van der Waals surface area contributed by atoms with Gasteiger partial charge < -0.3 is 10.2 Å². The molecule has 3 heterocycles. The first-order chi connectivity index (χ1) is 13.4. The molecule has 0 radical (unpaired) electrons. The second-order valence-corrected chi connectivity index (χ2v) is 6.88. The first-order valence-electron chi connectivity index (χ1n) is 9.72. The van der Waals surface area contributed by atoms with Crippen LogP contribution in [0.1, 0.15) is 31.4 Å². The van der Waals surface area contributed by atoms with Crippen molar-refractivity contribution < 1.29 is 0 Å². The summed E-state index contributed by atoms with van der Waals surface area (Å²) in [5.41, 5.74) is 2.03. The molecule has 0 bridgehead atoms. The third-order valence-electron chi connectivity index (χ3n) is 4.85. The minimum absolute atomic E-state index is 0.644. The highest BCUT2D eigenvalue weighted by Gasteiger charge is 2.14. The van der Waals surface area contributed by atoms with E-state index in [1.807, 2.05) is 42.6 Å². The van der Waals surface area contributed by atoms with Gasteiger partial charge in [-0.2, -0.15) is 0 Å². The Labute approximate surface area is 160 Å². The smallest absolute Gasteiger partial charge is 0.163 e. The van der Waals surface area contributed by atoms with Crippen molar-refractivity contribution in [2.45, 2.75) is 32.2 Å². The lowest BCUT2D eigenvalue weighted by Gasteiger charge is -2.22. The van der Waals surface area contributed by atoms with Crippen LogP contribution in [0.25, 0.3) is 11.4 Å². The summed E-state index contributed by atoms with van der Waals surface area (Å²) in [6, 6.07) is 18.2. The molecular weight excluding hydrogens is 334 g/mol. The molecule has 0 saturated carbocycles. The van der Waals surface area contributed by atoms with E-state index < -0.39 is 0 Å². The first-order valence-corrected chi connectivity index (χ1v) is 9.72. The fourth-order valence-corrected chi connectivity index (χ4v) is 3.39. The third kappa shape index (κ3) is 4.61. The average molecular weight is 359 g/mol. The molecule has 3 aromatic rings. The molecule has 4 rings (SSSR count). The molecular formula is C22H25N5. The summed E-state index contributed by atoms with van der Waals surface area (Å²) >= 11 is 0. The number of nitrogens with zero attached hydrogens (tertiary/aromatic N) is 4. The number of benzene rings is 1. The maximum absolute atomic E-state index is 4.88. The van der Waals surface area contributed by atoms with Crippen LogP contribution in [0.5, 0.6) is 0 Å². The van der Waals surface area contributed by atoms with E-state index in [0.29, 0.717) is 6.54 Å². The quantitative estimate of drug-likeness (QED) is 0.725. The topological polar surface area (TPSA) is 53.9 Å². The second-order valence-electron chi connectivity index (χ2n) is 6.88. The monoisotopic (exact) mass is 359 g/mol. The normalized spacial score (nSPS) is 14.6. The van der Waals surface area contributed by atoms with Crippen molar-refractivity contribution in [3.05, 3.63) is 66.5 Å². The molecule has 0 amide bonds. The molecule has 5 heteroatoms. The zero-order chi connectivity index (χ0) is 18.3. The number of pyridine rings is 1.